The number of hydrogen-bond acceptors (Lipinski definition) is 4. The Kier molecular flexibility index (Phi) is 8.17. The average molecular weight is 443 g/mol. The number of nitrogens with two attached hydrogens (primary N) is 1. The third-order valence-electron chi connectivity index (χ3n) is 3.12. The first-order valence-corrected chi connectivity index (χ1v) is 7.28. The van der Waals surface area contributed by atoms with Gasteiger partial charge in [-0.3, -0.25) is 0 Å². The number of halogens is 1. The fraction of sp³-hybridized carbons (Fsp3) is 0.235. The topological polar surface area (TPSA) is 89.1 Å². The zero-order valence-electron chi connectivity index (χ0n) is 13.7. The Labute approximate surface area is 158 Å². The van der Waals surface area contributed by atoms with E-state index in [1.165, 1.54) is 0 Å². The van der Waals surface area contributed by atoms with Crippen LogP contribution in [-0.4, -0.2) is 24.8 Å². The maximum absolute atomic E-state index is 9.67. The Hall–Kier alpha value is -2.16. The summed E-state index contributed by atoms with van der Waals surface area (Å²) in [5.74, 6) is 1.64. The van der Waals surface area contributed by atoms with E-state index >= 15 is 0 Å². The van der Waals surface area contributed by atoms with Gasteiger partial charge in [-0.1, -0.05) is 6.07 Å². The molecule has 0 fully saturated rings. The van der Waals surface area contributed by atoms with E-state index in [1.807, 2.05) is 31.2 Å². The number of hydrogen-bond donors (Lipinski definition) is 3. The fourth-order valence-corrected chi connectivity index (χ4v) is 1.97. The van der Waals surface area contributed by atoms with Crippen LogP contribution in [0.2, 0.25) is 0 Å². The molecule has 0 atom stereocenters. The predicted octanol–water partition coefficient (Wildman–Crippen LogP) is 3.34. The van der Waals surface area contributed by atoms with E-state index in [0.717, 1.165) is 17.0 Å². The summed E-state index contributed by atoms with van der Waals surface area (Å²) in [6.07, 6.45) is 0. The highest BCUT2D eigenvalue weighted by Gasteiger charge is 2.03. The van der Waals surface area contributed by atoms with Crippen molar-refractivity contribution in [2.45, 2.75) is 13.5 Å². The van der Waals surface area contributed by atoms with Gasteiger partial charge in [-0.25, -0.2) is 4.99 Å². The smallest absolute Gasteiger partial charge is 0.193 e. The molecule has 0 radical (unpaired) electrons. The summed E-state index contributed by atoms with van der Waals surface area (Å²) in [7, 11) is 1.62. The Morgan fingerprint density at radius 2 is 1.92 bits per heavy atom. The van der Waals surface area contributed by atoms with Crippen LogP contribution in [0.4, 0.5) is 5.69 Å². The lowest BCUT2D eigenvalue weighted by molar-refractivity contribution is 0.318. The van der Waals surface area contributed by atoms with Gasteiger partial charge in [0.15, 0.2) is 17.5 Å². The van der Waals surface area contributed by atoms with Gasteiger partial charge in [-0.05, 0) is 48.9 Å². The molecule has 2 aromatic carbocycles. The fourth-order valence-electron chi connectivity index (χ4n) is 1.97. The van der Waals surface area contributed by atoms with E-state index < -0.39 is 0 Å². The molecule has 6 nitrogen and oxygen atoms in total. The Balaban J connectivity index is 0.00000288. The van der Waals surface area contributed by atoms with Crippen molar-refractivity contribution in [1.29, 1.82) is 0 Å². The van der Waals surface area contributed by atoms with Gasteiger partial charge in [-0.15, -0.1) is 24.0 Å². The van der Waals surface area contributed by atoms with Crippen LogP contribution in [0.25, 0.3) is 0 Å². The van der Waals surface area contributed by atoms with Crippen molar-refractivity contribution in [2.75, 3.05) is 19.0 Å². The van der Waals surface area contributed by atoms with Crippen LogP contribution in [-0.2, 0) is 6.54 Å². The van der Waals surface area contributed by atoms with Crippen molar-refractivity contribution in [1.82, 2.24) is 0 Å². The van der Waals surface area contributed by atoms with Crippen LogP contribution in [0.5, 0.6) is 17.2 Å². The number of benzene rings is 2. The molecule has 0 aliphatic heterocycles. The predicted molar refractivity (Wildman–Crippen MR) is 107 cm³/mol. The maximum Gasteiger partial charge on any atom is 0.193 e. The molecule has 7 heteroatoms. The summed E-state index contributed by atoms with van der Waals surface area (Å²) >= 11 is 0. The minimum Gasteiger partial charge on any atom is -0.504 e. The molecular formula is C17H22IN3O3. The number of nitrogens with one attached hydrogen (secondary N) is 1. The van der Waals surface area contributed by atoms with Crippen molar-refractivity contribution >= 4 is 35.6 Å². The van der Waals surface area contributed by atoms with E-state index in [2.05, 4.69) is 10.3 Å². The lowest BCUT2D eigenvalue weighted by Gasteiger charge is -2.08. The van der Waals surface area contributed by atoms with Crippen LogP contribution in [0.1, 0.15) is 12.5 Å². The number of rotatable bonds is 6. The molecule has 0 bridgehead atoms. The number of aromatic hydroxyl groups is 1. The monoisotopic (exact) mass is 443 g/mol. The quantitative estimate of drug-likeness (QED) is 0.362. The summed E-state index contributed by atoms with van der Waals surface area (Å²) in [5, 5.41) is 12.7. The third kappa shape index (κ3) is 5.80. The number of phenolic OH excluding ortho intramolecular Hbond substituents is 1. The summed E-state index contributed by atoms with van der Waals surface area (Å²) < 4.78 is 10.4. The average Bonchev–Trinajstić information content (AvgIpc) is 2.56. The Morgan fingerprint density at radius 3 is 2.54 bits per heavy atom. The lowest BCUT2D eigenvalue weighted by atomic mass is 10.2. The molecule has 0 heterocycles. The van der Waals surface area contributed by atoms with Gasteiger partial charge in [0, 0.05) is 5.69 Å². The van der Waals surface area contributed by atoms with Gasteiger partial charge in [0.2, 0.25) is 0 Å². The highest BCUT2D eigenvalue weighted by Crippen LogP contribution is 2.27. The third-order valence-corrected chi connectivity index (χ3v) is 3.12. The van der Waals surface area contributed by atoms with Crippen LogP contribution < -0.4 is 20.5 Å². The molecule has 2 rings (SSSR count). The summed E-state index contributed by atoms with van der Waals surface area (Å²) in [5.41, 5.74) is 7.60. The summed E-state index contributed by atoms with van der Waals surface area (Å²) in [6, 6.07) is 12.5. The molecule has 0 unspecified atom stereocenters. The number of guanidine groups is 1. The van der Waals surface area contributed by atoms with E-state index in [1.54, 1.807) is 25.3 Å². The van der Waals surface area contributed by atoms with Gasteiger partial charge >= 0.3 is 0 Å². The molecule has 0 aliphatic rings. The van der Waals surface area contributed by atoms with Gasteiger partial charge < -0.3 is 25.6 Å². The van der Waals surface area contributed by atoms with E-state index in [0.29, 0.717) is 24.9 Å². The lowest BCUT2D eigenvalue weighted by Crippen LogP contribution is -2.22. The number of nitrogens with zero attached hydrogens (tertiary/aromatic N) is 1. The number of anilines is 1. The Morgan fingerprint density at radius 1 is 1.21 bits per heavy atom. The van der Waals surface area contributed by atoms with E-state index in [4.69, 9.17) is 15.2 Å². The SMILES string of the molecule is CCOc1cc(CN=C(N)Nc2ccc(OC)cc2)ccc1O.I. The zero-order chi connectivity index (χ0) is 16.7. The van der Waals surface area contributed by atoms with E-state index in [-0.39, 0.29) is 29.7 Å². The maximum atomic E-state index is 9.67. The molecule has 0 aromatic heterocycles. The molecule has 4 N–H and O–H groups in total. The molecule has 130 valence electrons. The first-order chi connectivity index (χ1) is 11.1. The highest BCUT2D eigenvalue weighted by atomic mass is 127. The van der Waals surface area contributed by atoms with Crippen molar-refractivity contribution in [3.05, 3.63) is 48.0 Å². The number of ether oxygens (including phenoxy) is 2. The van der Waals surface area contributed by atoms with Crippen molar-refractivity contribution in [2.24, 2.45) is 10.7 Å². The number of methoxy groups -OCH3 is 1. The highest BCUT2D eigenvalue weighted by molar-refractivity contribution is 14.0. The standard InChI is InChI=1S/C17H21N3O3.HI/c1-3-23-16-10-12(4-9-15(16)21)11-19-17(18)20-13-5-7-14(22-2)8-6-13;/h4-10,21H,3,11H2,1-2H3,(H3,18,19,20);1H. The van der Waals surface area contributed by atoms with Crippen molar-refractivity contribution < 1.29 is 14.6 Å². The van der Waals surface area contributed by atoms with Gasteiger partial charge in [0.05, 0.1) is 20.3 Å². The normalized spacial score (nSPS) is 10.7. The van der Waals surface area contributed by atoms with Crippen molar-refractivity contribution in [3.63, 3.8) is 0 Å². The second-order valence-electron chi connectivity index (χ2n) is 4.79. The molecule has 0 aliphatic carbocycles. The number of aliphatic imine (C=N–C) groups is 1. The first-order valence-electron chi connectivity index (χ1n) is 7.28. The summed E-state index contributed by atoms with van der Waals surface area (Å²) in [4.78, 5) is 4.28. The largest absolute Gasteiger partial charge is 0.504 e. The molecule has 24 heavy (non-hydrogen) atoms. The van der Waals surface area contributed by atoms with E-state index in [9.17, 15) is 5.11 Å². The molecule has 0 amide bonds. The van der Waals surface area contributed by atoms with Crippen LogP contribution >= 0.6 is 24.0 Å². The van der Waals surface area contributed by atoms with Gasteiger partial charge in [-0.2, -0.15) is 0 Å². The van der Waals surface area contributed by atoms with Crippen LogP contribution in [0.3, 0.4) is 0 Å². The molecule has 0 saturated carbocycles. The second kappa shape index (κ2) is 9.86. The second-order valence-corrected chi connectivity index (χ2v) is 4.79. The van der Waals surface area contributed by atoms with Crippen molar-refractivity contribution in [3.8, 4) is 17.2 Å². The minimum absolute atomic E-state index is 0. The van der Waals surface area contributed by atoms with Crippen LogP contribution in [0.15, 0.2) is 47.5 Å². The van der Waals surface area contributed by atoms with Crippen LogP contribution in [0, 0.1) is 0 Å². The molecule has 0 spiro atoms. The van der Waals surface area contributed by atoms with Gasteiger partial charge in [0.1, 0.15) is 5.75 Å². The molecular weight excluding hydrogens is 421 g/mol. The zero-order valence-corrected chi connectivity index (χ0v) is 16.0. The minimum atomic E-state index is 0. The molecule has 2 aromatic rings. The Bertz CT molecular complexity index is 675. The molecule has 0 saturated heterocycles. The summed E-state index contributed by atoms with van der Waals surface area (Å²) in [6.45, 7) is 2.73. The number of phenols is 1. The first kappa shape index (κ1) is 19.9. The van der Waals surface area contributed by atoms with Gasteiger partial charge in [0.25, 0.3) is 0 Å².